The highest BCUT2D eigenvalue weighted by molar-refractivity contribution is 7.07. The van der Waals surface area contributed by atoms with Crippen molar-refractivity contribution >= 4 is 22.8 Å². The summed E-state index contributed by atoms with van der Waals surface area (Å²) in [4.78, 5) is 25.6. The maximum Gasteiger partial charge on any atom is 0.330 e. The molecule has 0 aliphatic heterocycles. The lowest BCUT2D eigenvalue weighted by Gasteiger charge is -2.16. The smallest absolute Gasteiger partial charge is 0.330 e. The van der Waals surface area contributed by atoms with Crippen molar-refractivity contribution in [2.75, 3.05) is 11.1 Å². The van der Waals surface area contributed by atoms with Gasteiger partial charge in [-0.2, -0.15) is 11.3 Å². The van der Waals surface area contributed by atoms with Crippen LogP contribution in [0.25, 0.3) is 0 Å². The van der Waals surface area contributed by atoms with Gasteiger partial charge in [0.25, 0.3) is 5.56 Å². The predicted octanol–water partition coefficient (Wildman–Crippen LogP) is 1.37. The van der Waals surface area contributed by atoms with Crippen LogP contribution < -0.4 is 22.3 Å². The van der Waals surface area contributed by atoms with Gasteiger partial charge in [-0.15, -0.1) is 0 Å². The van der Waals surface area contributed by atoms with Crippen molar-refractivity contribution in [3.8, 4) is 0 Å². The molecule has 2 heterocycles. The molecule has 0 amide bonds. The lowest BCUT2D eigenvalue weighted by Crippen LogP contribution is -2.34. The Morgan fingerprint density at radius 3 is 2.84 bits per heavy atom. The quantitative estimate of drug-likeness (QED) is 0.788. The Hall–Kier alpha value is -2.02. The average molecular weight is 280 g/mol. The van der Waals surface area contributed by atoms with Gasteiger partial charge in [0.05, 0.1) is 0 Å². The Balaban J connectivity index is 2.41. The first-order chi connectivity index (χ1) is 9.04. The molecule has 6 nitrogen and oxygen atoms in total. The monoisotopic (exact) mass is 280 g/mol. The zero-order valence-corrected chi connectivity index (χ0v) is 11.6. The number of anilines is 2. The van der Waals surface area contributed by atoms with E-state index in [1.807, 2.05) is 23.8 Å². The van der Waals surface area contributed by atoms with E-state index in [1.165, 1.54) is 4.57 Å². The van der Waals surface area contributed by atoms with Gasteiger partial charge in [-0.05, 0) is 36.2 Å². The molecule has 2 aromatic rings. The molecule has 102 valence electrons. The van der Waals surface area contributed by atoms with Crippen LogP contribution in [0.2, 0.25) is 0 Å². The Morgan fingerprint density at radius 1 is 1.53 bits per heavy atom. The van der Waals surface area contributed by atoms with E-state index in [0.29, 0.717) is 6.54 Å². The lowest BCUT2D eigenvalue weighted by atomic mass is 10.2. The van der Waals surface area contributed by atoms with E-state index >= 15 is 0 Å². The highest BCUT2D eigenvalue weighted by Gasteiger charge is 2.14. The number of rotatable bonds is 4. The molecule has 1 unspecified atom stereocenters. The zero-order valence-electron chi connectivity index (χ0n) is 10.8. The van der Waals surface area contributed by atoms with Crippen molar-refractivity contribution < 1.29 is 0 Å². The molecule has 0 radical (unpaired) electrons. The molecule has 0 aromatic carbocycles. The summed E-state index contributed by atoms with van der Waals surface area (Å²) in [5, 5.41) is 7.03. The van der Waals surface area contributed by atoms with Gasteiger partial charge in [-0.3, -0.25) is 14.3 Å². The van der Waals surface area contributed by atoms with E-state index in [2.05, 4.69) is 10.3 Å². The van der Waals surface area contributed by atoms with Crippen LogP contribution in [0, 0.1) is 0 Å². The number of aromatic nitrogens is 2. The molecule has 0 fully saturated rings. The summed E-state index contributed by atoms with van der Waals surface area (Å²) in [6.07, 6.45) is 0. The van der Waals surface area contributed by atoms with Crippen molar-refractivity contribution in [3.05, 3.63) is 43.2 Å². The van der Waals surface area contributed by atoms with Crippen LogP contribution in [0.3, 0.4) is 0 Å². The molecule has 0 saturated heterocycles. The number of hydrogen-bond donors (Lipinski definition) is 3. The fourth-order valence-corrected chi connectivity index (χ4v) is 2.62. The number of aromatic amines is 1. The van der Waals surface area contributed by atoms with Crippen LogP contribution in [0.4, 0.5) is 11.5 Å². The summed E-state index contributed by atoms with van der Waals surface area (Å²) in [5.41, 5.74) is 6.21. The molecule has 7 heteroatoms. The summed E-state index contributed by atoms with van der Waals surface area (Å²) in [6, 6.07) is 1.92. The molecule has 1 atom stereocenters. The minimum Gasteiger partial charge on any atom is -0.383 e. The molecule has 19 heavy (non-hydrogen) atoms. The third kappa shape index (κ3) is 2.55. The van der Waals surface area contributed by atoms with Crippen molar-refractivity contribution in [2.45, 2.75) is 26.4 Å². The topological polar surface area (TPSA) is 92.9 Å². The summed E-state index contributed by atoms with van der Waals surface area (Å²) >= 11 is 1.58. The molecular formula is C12H16N4O2S. The Labute approximate surface area is 113 Å². The second-order valence-corrected chi connectivity index (χ2v) is 4.97. The summed E-state index contributed by atoms with van der Waals surface area (Å²) in [6.45, 7) is 4.13. The van der Waals surface area contributed by atoms with E-state index in [4.69, 9.17) is 5.73 Å². The van der Waals surface area contributed by atoms with Crippen molar-refractivity contribution in [1.29, 1.82) is 0 Å². The van der Waals surface area contributed by atoms with Crippen LogP contribution in [-0.2, 0) is 6.54 Å². The molecule has 0 saturated carbocycles. The van der Waals surface area contributed by atoms with Gasteiger partial charge >= 0.3 is 5.69 Å². The fourth-order valence-electron chi connectivity index (χ4n) is 1.86. The first-order valence-corrected chi connectivity index (χ1v) is 6.90. The SMILES string of the molecule is CCn1c(N)c(NC(C)c2ccsc2)c(=O)[nH]c1=O. The molecule has 0 spiro atoms. The van der Waals surface area contributed by atoms with Crippen molar-refractivity contribution in [3.63, 3.8) is 0 Å². The van der Waals surface area contributed by atoms with Crippen molar-refractivity contribution in [2.24, 2.45) is 0 Å². The van der Waals surface area contributed by atoms with E-state index in [-0.39, 0.29) is 17.5 Å². The second-order valence-electron chi connectivity index (χ2n) is 4.19. The third-order valence-corrected chi connectivity index (χ3v) is 3.66. The highest BCUT2D eigenvalue weighted by Crippen LogP contribution is 2.21. The van der Waals surface area contributed by atoms with E-state index in [9.17, 15) is 9.59 Å². The normalized spacial score (nSPS) is 12.3. The first-order valence-electron chi connectivity index (χ1n) is 5.95. The van der Waals surface area contributed by atoms with Gasteiger partial charge in [-0.1, -0.05) is 0 Å². The van der Waals surface area contributed by atoms with Crippen LogP contribution in [0.1, 0.15) is 25.5 Å². The predicted molar refractivity (Wildman–Crippen MR) is 77.8 cm³/mol. The third-order valence-electron chi connectivity index (χ3n) is 2.96. The van der Waals surface area contributed by atoms with Crippen LogP contribution in [-0.4, -0.2) is 9.55 Å². The molecule has 0 aliphatic rings. The van der Waals surface area contributed by atoms with Crippen LogP contribution in [0.5, 0.6) is 0 Å². The summed E-state index contributed by atoms with van der Waals surface area (Å²) in [5.74, 6) is 0.165. The largest absolute Gasteiger partial charge is 0.383 e. The highest BCUT2D eigenvalue weighted by atomic mass is 32.1. The number of nitrogen functional groups attached to an aromatic ring is 1. The number of nitrogens with one attached hydrogen (secondary N) is 2. The molecule has 2 aromatic heterocycles. The number of nitrogens with zero attached hydrogens (tertiary/aromatic N) is 1. The molecule has 0 bridgehead atoms. The van der Waals surface area contributed by atoms with Gasteiger partial charge in [-0.25, -0.2) is 4.79 Å². The van der Waals surface area contributed by atoms with Gasteiger partial charge in [0.15, 0.2) is 0 Å². The minimum atomic E-state index is -0.491. The number of nitrogens with two attached hydrogens (primary N) is 1. The second kappa shape index (κ2) is 5.31. The van der Waals surface area contributed by atoms with Crippen LogP contribution in [0.15, 0.2) is 26.4 Å². The van der Waals surface area contributed by atoms with Gasteiger partial charge in [0, 0.05) is 12.6 Å². The Morgan fingerprint density at radius 2 is 2.26 bits per heavy atom. The Kier molecular flexibility index (Phi) is 3.75. The standard InChI is InChI=1S/C12H16N4O2S/c1-3-16-10(13)9(11(17)15-12(16)18)14-7(2)8-4-5-19-6-8/h4-7,14H,3,13H2,1-2H3,(H,15,17,18). The number of thiophene rings is 1. The first kappa shape index (κ1) is 13.4. The molecular weight excluding hydrogens is 264 g/mol. The minimum absolute atomic E-state index is 0.0579. The van der Waals surface area contributed by atoms with Gasteiger partial charge in [0.1, 0.15) is 11.5 Å². The van der Waals surface area contributed by atoms with E-state index in [0.717, 1.165) is 5.56 Å². The molecule has 2 rings (SSSR count). The fraction of sp³-hybridized carbons (Fsp3) is 0.333. The Bertz CT molecular complexity index is 672. The van der Waals surface area contributed by atoms with E-state index in [1.54, 1.807) is 18.3 Å². The van der Waals surface area contributed by atoms with Gasteiger partial charge < -0.3 is 11.1 Å². The lowest BCUT2D eigenvalue weighted by molar-refractivity contribution is 0.703. The summed E-state index contributed by atoms with van der Waals surface area (Å²) < 4.78 is 1.32. The summed E-state index contributed by atoms with van der Waals surface area (Å²) in [7, 11) is 0. The average Bonchev–Trinajstić information content (AvgIpc) is 2.88. The number of H-pyrrole nitrogens is 1. The van der Waals surface area contributed by atoms with Crippen LogP contribution >= 0.6 is 11.3 Å². The number of hydrogen-bond acceptors (Lipinski definition) is 5. The zero-order chi connectivity index (χ0) is 14.0. The van der Waals surface area contributed by atoms with Crippen molar-refractivity contribution in [1.82, 2.24) is 9.55 Å². The molecule has 0 aliphatic carbocycles. The van der Waals surface area contributed by atoms with E-state index < -0.39 is 11.2 Å². The molecule has 4 N–H and O–H groups in total. The van der Waals surface area contributed by atoms with Gasteiger partial charge in [0.2, 0.25) is 0 Å². The maximum absolute atomic E-state index is 11.8. The maximum atomic E-state index is 11.8.